The number of hydrogen-bond donors (Lipinski definition) is 3. The number of hydrogen-bond acceptors (Lipinski definition) is 7. The van der Waals surface area contributed by atoms with Crippen LogP contribution in [0.15, 0.2) is 54.9 Å². The topological polar surface area (TPSA) is 138 Å². The molecule has 9 nitrogen and oxygen atoms in total. The van der Waals surface area contributed by atoms with Gasteiger partial charge in [-0.25, -0.2) is 18.4 Å². The number of aromatic nitrogens is 3. The van der Waals surface area contributed by atoms with Gasteiger partial charge in [0.05, 0.1) is 22.1 Å². The molecule has 0 amide bonds. The Bertz CT molecular complexity index is 1520. The lowest BCUT2D eigenvalue weighted by Gasteiger charge is -2.13. The first-order chi connectivity index (χ1) is 16.9. The fourth-order valence-corrected chi connectivity index (χ4v) is 5.72. The van der Waals surface area contributed by atoms with E-state index in [1.165, 1.54) is 25.2 Å². The van der Waals surface area contributed by atoms with Crippen LogP contribution in [0.4, 0.5) is 17.2 Å². The number of nitrogens with zero attached hydrogens (tertiary/aromatic N) is 3. The van der Waals surface area contributed by atoms with Crippen molar-refractivity contribution in [3.63, 3.8) is 0 Å². The van der Waals surface area contributed by atoms with Crippen molar-refractivity contribution in [3.05, 3.63) is 54.9 Å². The standard InChI is InChI=1S/C25H26N6O3S/c26-22-20-10-7-18(34-25-24(27)28-11-12-29-25)13-21(20)31(14-15-1-2-15)23(22)16-3-5-17(6-4-16)30-35(32,33)19-8-9-19/h3-7,10-13,15,19,30H,1-2,8-9,14,26H2,(H2,27,28). The number of nitrogens with one attached hydrogen (secondary N) is 1. The predicted molar refractivity (Wildman–Crippen MR) is 137 cm³/mol. The summed E-state index contributed by atoms with van der Waals surface area (Å²) in [5.74, 6) is 1.67. The molecule has 0 spiro atoms. The largest absolute Gasteiger partial charge is 0.436 e. The molecule has 6 rings (SSSR count). The van der Waals surface area contributed by atoms with Gasteiger partial charge in [0.25, 0.3) is 5.88 Å². The Labute approximate surface area is 203 Å². The lowest BCUT2D eigenvalue weighted by molar-refractivity contribution is 0.463. The third-order valence-electron chi connectivity index (χ3n) is 6.50. The van der Waals surface area contributed by atoms with Gasteiger partial charge in [-0.1, -0.05) is 12.1 Å². The molecule has 0 unspecified atom stereocenters. The zero-order valence-electron chi connectivity index (χ0n) is 19.0. The Morgan fingerprint density at radius 2 is 1.74 bits per heavy atom. The van der Waals surface area contributed by atoms with Crippen molar-refractivity contribution in [2.24, 2.45) is 5.92 Å². The van der Waals surface area contributed by atoms with Crippen LogP contribution in [0, 0.1) is 5.92 Å². The first kappa shape index (κ1) is 21.7. The summed E-state index contributed by atoms with van der Waals surface area (Å²) in [5.41, 5.74) is 16.6. The normalized spacial score (nSPS) is 15.9. The number of fused-ring (bicyclic) bond motifs is 1. The molecule has 2 aliphatic carbocycles. The van der Waals surface area contributed by atoms with Crippen molar-refractivity contribution < 1.29 is 13.2 Å². The van der Waals surface area contributed by atoms with Crippen LogP contribution in [-0.4, -0.2) is 28.2 Å². The van der Waals surface area contributed by atoms with Crippen LogP contribution in [0.2, 0.25) is 0 Å². The van der Waals surface area contributed by atoms with Crippen LogP contribution in [0.1, 0.15) is 25.7 Å². The summed E-state index contributed by atoms with van der Waals surface area (Å²) in [4.78, 5) is 8.19. The molecule has 2 heterocycles. The molecule has 10 heteroatoms. The van der Waals surface area contributed by atoms with Gasteiger partial charge in [-0.05, 0) is 55.9 Å². The van der Waals surface area contributed by atoms with Gasteiger partial charge in [-0.15, -0.1) is 0 Å². The van der Waals surface area contributed by atoms with Gasteiger partial charge < -0.3 is 20.8 Å². The van der Waals surface area contributed by atoms with Crippen LogP contribution >= 0.6 is 0 Å². The van der Waals surface area contributed by atoms with Crippen molar-refractivity contribution in [2.75, 3.05) is 16.2 Å². The Balaban J connectivity index is 1.38. The van der Waals surface area contributed by atoms with E-state index in [1.807, 2.05) is 30.3 Å². The number of ether oxygens (including phenoxy) is 1. The van der Waals surface area contributed by atoms with E-state index in [4.69, 9.17) is 16.2 Å². The molecule has 2 aliphatic rings. The number of nitrogen functional groups attached to an aromatic ring is 2. The molecule has 4 aromatic rings. The van der Waals surface area contributed by atoms with Crippen molar-refractivity contribution in [3.8, 4) is 22.9 Å². The van der Waals surface area contributed by atoms with E-state index in [2.05, 4.69) is 19.3 Å². The van der Waals surface area contributed by atoms with E-state index in [0.717, 1.165) is 41.5 Å². The molecule has 2 aromatic carbocycles. The summed E-state index contributed by atoms with van der Waals surface area (Å²) in [5, 5.41) is 0.658. The van der Waals surface area contributed by atoms with Crippen LogP contribution in [0.25, 0.3) is 22.2 Å². The maximum Gasteiger partial charge on any atom is 0.262 e. The molecular weight excluding hydrogens is 464 g/mol. The molecule has 5 N–H and O–H groups in total. The van der Waals surface area contributed by atoms with Gasteiger partial charge in [0, 0.05) is 41.6 Å². The molecule has 2 aromatic heterocycles. The molecule has 180 valence electrons. The fraction of sp³-hybridized carbons (Fsp3) is 0.280. The molecule has 35 heavy (non-hydrogen) atoms. The van der Waals surface area contributed by atoms with Gasteiger partial charge in [-0.3, -0.25) is 4.72 Å². The Hall–Kier alpha value is -3.79. The number of benzene rings is 2. The van der Waals surface area contributed by atoms with E-state index in [0.29, 0.717) is 23.0 Å². The average molecular weight is 491 g/mol. The summed E-state index contributed by atoms with van der Waals surface area (Å²) < 4.78 is 35.4. The van der Waals surface area contributed by atoms with Crippen LogP contribution in [-0.2, 0) is 16.6 Å². The first-order valence-electron chi connectivity index (χ1n) is 11.7. The maximum absolute atomic E-state index is 12.3. The monoisotopic (exact) mass is 490 g/mol. The average Bonchev–Trinajstić information content (AvgIpc) is 3.75. The number of rotatable bonds is 8. The highest BCUT2D eigenvalue weighted by atomic mass is 32.2. The van der Waals surface area contributed by atoms with Gasteiger partial charge in [0.2, 0.25) is 10.0 Å². The highest BCUT2D eigenvalue weighted by Crippen LogP contribution is 2.42. The maximum atomic E-state index is 12.3. The van der Waals surface area contributed by atoms with E-state index in [9.17, 15) is 8.42 Å². The molecule has 0 atom stereocenters. The molecule has 0 bridgehead atoms. The van der Waals surface area contributed by atoms with E-state index >= 15 is 0 Å². The fourth-order valence-electron chi connectivity index (χ4n) is 4.33. The van der Waals surface area contributed by atoms with Crippen LogP contribution in [0.3, 0.4) is 0 Å². The molecule has 0 radical (unpaired) electrons. The molecular formula is C25H26N6O3S. The quantitative estimate of drug-likeness (QED) is 0.333. The number of sulfonamides is 1. The highest BCUT2D eigenvalue weighted by Gasteiger charge is 2.35. The second-order valence-electron chi connectivity index (χ2n) is 9.27. The number of anilines is 3. The third kappa shape index (κ3) is 4.25. The van der Waals surface area contributed by atoms with E-state index in [1.54, 1.807) is 12.1 Å². The van der Waals surface area contributed by atoms with Crippen LogP contribution in [0.5, 0.6) is 11.6 Å². The van der Waals surface area contributed by atoms with Crippen molar-refractivity contribution in [2.45, 2.75) is 37.5 Å². The van der Waals surface area contributed by atoms with Crippen molar-refractivity contribution in [1.29, 1.82) is 0 Å². The summed E-state index contributed by atoms with van der Waals surface area (Å²) in [6.45, 7) is 0.843. The van der Waals surface area contributed by atoms with Crippen molar-refractivity contribution in [1.82, 2.24) is 14.5 Å². The predicted octanol–water partition coefficient (Wildman–Crippen LogP) is 4.37. The minimum atomic E-state index is -3.31. The molecule has 0 aliphatic heterocycles. The van der Waals surface area contributed by atoms with Gasteiger partial charge in [-0.2, -0.15) is 0 Å². The lowest BCUT2D eigenvalue weighted by Crippen LogP contribution is -2.17. The number of nitrogens with two attached hydrogens (primary N) is 2. The summed E-state index contributed by atoms with van der Waals surface area (Å²) >= 11 is 0. The third-order valence-corrected chi connectivity index (χ3v) is 8.37. The Morgan fingerprint density at radius 1 is 1.00 bits per heavy atom. The minimum absolute atomic E-state index is 0.221. The summed E-state index contributed by atoms with van der Waals surface area (Å²) in [6, 6.07) is 13.1. The Kier molecular flexibility index (Phi) is 5.06. The summed E-state index contributed by atoms with van der Waals surface area (Å²) in [6.07, 6.45) is 6.87. The zero-order chi connectivity index (χ0) is 24.2. The first-order valence-corrected chi connectivity index (χ1v) is 13.2. The van der Waals surface area contributed by atoms with E-state index < -0.39 is 10.0 Å². The van der Waals surface area contributed by atoms with Gasteiger partial charge >= 0.3 is 0 Å². The zero-order valence-corrected chi connectivity index (χ0v) is 19.8. The molecule has 2 saturated carbocycles. The minimum Gasteiger partial charge on any atom is -0.436 e. The second kappa shape index (κ2) is 8.16. The molecule has 2 fully saturated rings. The second-order valence-corrected chi connectivity index (χ2v) is 11.2. The van der Waals surface area contributed by atoms with E-state index in [-0.39, 0.29) is 16.9 Å². The van der Waals surface area contributed by atoms with Crippen LogP contribution < -0.4 is 20.9 Å². The van der Waals surface area contributed by atoms with Crippen molar-refractivity contribution >= 4 is 38.1 Å². The van der Waals surface area contributed by atoms with Gasteiger partial charge in [0.15, 0.2) is 5.82 Å². The lowest BCUT2D eigenvalue weighted by atomic mass is 10.1. The smallest absolute Gasteiger partial charge is 0.262 e. The molecule has 0 saturated heterocycles. The van der Waals surface area contributed by atoms with Gasteiger partial charge in [0.1, 0.15) is 5.75 Å². The highest BCUT2D eigenvalue weighted by molar-refractivity contribution is 7.93. The Morgan fingerprint density at radius 3 is 2.43 bits per heavy atom. The summed E-state index contributed by atoms with van der Waals surface area (Å²) in [7, 11) is -3.31. The SMILES string of the molecule is Nc1nccnc1Oc1ccc2c(N)c(-c3ccc(NS(=O)(=O)C4CC4)cc3)n(CC3CC3)c2c1.